The van der Waals surface area contributed by atoms with Gasteiger partial charge in [-0.2, -0.15) is 0 Å². The summed E-state index contributed by atoms with van der Waals surface area (Å²) in [6.07, 6.45) is 0.311. The number of hydrogen-bond acceptors (Lipinski definition) is 6. The smallest absolute Gasteiger partial charge is 0.231 e. The minimum Gasteiger partial charge on any atom is -0.508 e. The fraction of sp³-hybridized carbons (Fsp3) is 0.240. The summed E-state index contributed by atoms with van der Waals surface area (Å²) in [7, 11) is 0. The highest BCUT2D eigenvalue weighted by Crippen LogP contribution is 2.38. The standard InChI is InChI=1S/C25H24N2O4/c1-2-29-22-10-6-4-8-18(22)25-26-19(16-11-12-23-24(13-16)31-15-30-23)14-20(27-25)17-7-3-5-9-21(17)28/h3-13,20,25,27-28H,2,14-15H2,1H3/t20-,25+/m0/s1. The molecule has 0 aromatic heterocycles. The molecule has 2 aliphatic heterocycles. The number of aliphatic imine (C=N–C) groups is 1. The maximum absolute atomic E-state index is 10.5. The van der Waals surface area contributed by atoms with Gasteiger partial charge in [0.15, 0.2) is 11.5 Å². The molecular formula is C25H24N2O4. The van der Waals surface area contributed by atoms with Crippen LogP contribution >= 0.6 is 0 Å². The lowest BCUT2D eigenvalue weighted by atomic mass is 9.93. The predicted molar refractivity (Wildman–Crippen MR) is 118 cm³/mol. The average molecular weight is 416 g/mol. The van der Waals surface area contributed by atoms with Gasteiger partial charge >= 0.3 is 0 Å². The molecule has 0 bridgehead atoms. The lowest BCUT2D eigenvalue weighted by Gasteiger charge is -2.31. The Morgan fingerprint density at radius 1 is 1.00 bits per heavy atom. The van der Waals surface area contributed by atoms with E-state index in [1.165, 1.54) is 0 Å². The molecular weight excluding hydrogens is 392 g/mol. The normalized spacial score (nSPS) is 19.7. The number of fused-ring (bicyclic) bond motifs is 1. The van der Waals surface area contributed by atoms with Crippen LogP contribution in [0.25, 0.3) is 0 Å². The molecule has 0 saturated heterocycles. The predicted octanol–water partition coefficient (Wildman–Crippen LogP) is 4.74. The third-order valence-electron chi connectivity index (χ3n) is 5.57. The highest BCUT2D eigenvalue weighted by atomic mass is 16.7. The number of aromatic hydroxyl groups is 1. The van der Waals surface area contributed by atoms with E-state index in [0.29, 0.717) is 13.0 Å². The van der Waals surface area contributed by atoms with Crippen LogP contribution in [-0.2, 0) is 0 Å². The molecule has 158 valence electrons. The second-order valence-corrected chi connectivity index (χ2v) is 7.50. The Labute approximate surface area is 181 Å². The summed E-state index contributed by atoms with van der Waals surface area (Å²) in [5.41, 5.74) is 3.71. The Kier molecular flexibility index (Phi) is 5.22. The molecule has 0 fully saturated rings. The average Bonchev–Trinajstić information content (AvgIpc) is 3.28. The quantitative estimate of drug-likeness (QED) is 0.628. The largest absolute Gasteiger partial charge is 0.508 e. The third kappa shape index (κ3) is 3.82. The zero-order valence-electron chi connectivity index (χ0n) is 17.2. The number of hydrogen-bond donors (Lipinski definition) is 2. The van der Waals surface area contributed by atoms with Gasteiger partial charge in [0.25, 0.3) is 0 Å². The molecule has 0 radical (unpaired) electrons. The highest BCUT2D eigenvalue weighted by Gasteiger charge is 2.29. The number of nitrogens with zero attached hydrogens (tertiary/aromatic N) is 1. The van der Waals surface area contributed by atoms with Crippen molar-refractivity contribution in [3.63, 3.8) is 0 Å². The SMILES string of the molecule is CCOc1ccccc1[C@@H]1N=C(c2ccc3c(c2)OCO3)C[C@@H](c2ccccc2O)N1. The third-order valence-corrected chi connectivity index (χ3v) is 5.57. The van der Waals surface area contributed by atoms with E-state index >= 15 is 0 Å². The lowest BCUT2D eigenvalue weighted by molar-refractivity contribution is 0.174. The van der Waals surface area contributed by atoms with Crippen LogP contribution in [-0.4, -0.2) is 24.2 Å². The monoisotopic (exact) mass is 416 g/mol. The molecule has 2 N–H and O–H groups in total. The van der Waals surface area contributed by atoms with Crippen LogP contribution in [0.1, 0.15) is 42.2 Å². The highest BCUT2D eigenvalue weighted by molar-refractivity contribution is 6.02. The zero-order valence-corrected chi connectivity index (χ0v) is 17.2. The Hall–Kier alpha value is -3.51. The van der Waals surface area contributed by atoms with E-state index in [-0.39, 0.29) is 24.8 Å². The molecule has 3 aromatic carbocycles. The van der Waals surface area contributed by atoms with Gasteiger partial charge < -0.3 is 19.3 Å². The van der Waals surface area contributed by atoms with Crippen LogP contribution in [0.4, 0.5) is 0 Å². The van der Waals surface area contributed by atoms with E-state index in [2.05, 4.69) is 5.32 Å². The zero-order chi connectivity index (χ0) is 21.2. The van der Waals surface area contributed by atoms with Gasteiger partial charge in [0.05, 0.1) is 6.61 Å². The topological polar surface area (TPSA) is 72.3 Å². The summed E-state index contributed by atoms with van der Waals surface area (Å²) in [5, 5.41) is 14.1. The van der Waals surface area contributed by atoms with E-state index in [4.69, 9.17) is 19.2 Å². The van der Waals surface area contributed by atoms with Crippen LogP contribution < -0.4 is 19.5 Å². The molecule has 3 aromatic rings. The van der Waals surface area contributed by atoms with Crippen molar-refractivity contribution in [1.29, 1.82) is 0 Å². The molecule has 0 amide bonds. The number of benzene rings is 3. The van der Waals surface area contributed by atoms with Gasteiger partial charge in [0.1, 0.15) is 17.7 Å². The van der Waals surface area contributed by atoms with E-state index in [0.717, 1.165) is 39.7 Å². The van der Waals surface area contributed by atoms with E-state index in [9.17, 15) is 5.11 Å². The molecule has 0 unspecified atom stereocenters. The summed E-state index contributed by atoms with van der Waals surface area (Å²) in [5.74, 6) is 2.54. The van der Waals surface area contributed by atoms with Crippen molar-refractivity contribution in [3.05, 3.63) is 83.4 Å². The summed E-state index contributed by atoms with van der Waals surface area (Å²) in [6, 6.07) is 21.1. The van der Waals surface area contributed by atoms with E-state index < -0.39 is 0 Å². The van der Waals surface area contributed by atoms with Crippen molar-refractivity contribution in [3.8, 4) is 23.0 Å². The van der Waals surface area contributed by atoms with Gasteiger partial charge in [0.2, 0.25) is 6.79 Å². The van der Waals surface area contributed by atoms with Gasteiger partial charge in [-0.1, -0.05) is 36.4 Å². The van der Waals surface area contributed by atoms with Crippen LogP contribution in [0, 0.1) is 0 Å². The molecule has 0 saturated carbocycles. The molecule has 31 heavy (non-hydrogen) atoms. The lowest BCUT2D eigenvalue weighted by Crippen LogP contribution is -2.33. The summed E-state index contributed by atoms with van der Waals surface area (Å²) >= 11 is 0. The number of phenols is 1. The molecule has 6 nitrogen and oxygen atoms in total. The molecule has 5 rings (SSSR count). The van der Waals surface area contributed by atoms with Crippen molar-refractivity contribution < 1.29 is 19.3 Å². The number of ether oxygens (including phenoxy) is 3. The van der Waals surface area contributed by atoms with Gasteiger partial charge in [-0.15, -0.1) is 0 Å². The van der Waals surface area contributed by atoms with Crippen molar-refractivity contribution in [2.45, 2.75) is 25.6 Å². The van der Waals surface area contributed by atoms with Crippen molar-refractivity contribution in [2.24, 2.45) is 4.99 Å². The minimum atomic E-state index is -0.318. The Morgan fingerprint density at radius 3 is 2.61 bits per heavy atom. The number of rotatable bonds is 5. The molecule has 2 aliphatic rings. The fourth-order valence-corrected chi connectivity index (χ4v) is 4.09. The van der Waals surface area contributed by atoms with Gasteiger partial charge in [-0.3, -0.25) is 10.3 Å². The van der Waals surface area contributed by atoms with Gasteiger partial charge in [-0.25, -0.2) is 0 Å². The van der Waals surface area contributed by atoms with Crippen LogP contribution in [0.2, 0.25) is 0 Å². The molecule has 0 spiro atoms. The second kappa shape index (κ2) is 8.32. The maximum Gasteiger partial charge on any atom is 0.231 e. The number of phenolic OH excluding ortho intramolecular Hbond substituents is 1. The first kappa shape index (κ1) is 19.5. The maximum atomic E-state index is 10.5. The Bertz CT molecular complexity index is 1130. The van der Waals surface area contributed by atoms with E-state index in [1.54, 1.807) is 6.07 Å². The molecule has 2 heterocycles. The minimum absolute atomic E-state index is 0.112. The number of nitrogens with one attached hydrogen (secondary N) is 1. The summed E-state index contributed by atoms with van der Waals surface area (Å²) < 4.78 is 16.9. The van der Waals surface area contributed by atoms with Gasteiger partial charge in [-0.05, 0) is 42.8 Å². The molecule has 6 heteroatoms. The van der Waals surface area contributed by atoms with Crippen molar-refractivity contribution in [1.82, 2.24) is 5.32 Å². The Balaban J connectivity index is 1.58. The van der Waals surface area contributed by atoms with Crippen molar-refractivity contribution >= 4 is 5.71 Å². The van der Waals surface area contributed by atoms with Crippen LogP contribution in [0.3, 0.4) is 0 Å². The number of para-hydroxylation sites is 2. The van der Waals surface area contributed by atoms with Crippen molar-refractivity contribution in [2.75, 3.05) is 13.4 Å². The van der Waals surface area contributed by atoms with E-state index in [1.807, 2.05) is 67.6 Å². The Morgan fingerprint density at radius 2 is 1.77 bits per heavy atom. The second-order valence-electron chi connectivity index (χ2n) is 7.50. The molecule has 2 atom stereocenters. The summed E-state index contributed by atoms with van der Waals surface area (Å²) in [4.78, 5) is 5.04. The van der Waals surface area contributed by atoms with Crippen LogP contribution in [0.15, 0.2) is 71.7 Å². The fourth-order valence-electron chi connectivity index (χ4n) is 4.09. The molecule has 0 aliphatic carbocycles. The summed E-state index contributed by atoms with van der Waals surface area (Å²) in [6.45, 7) is 2.78. The van der Waals surface area contributed by atoms with Crippen LogP contribution in [0.5, 0.6) is 23.0 Å². The van der Waals surface area contributed by atoms with Gasteiger partial charge in [0, 0.05) is 29.3 Å². The first-order chi connectivity index (χ1) is 15.2. The first-order valence-electron chi connectivity index (χ1n) is 10.5. The first-order valence-corrected chi connectivity index (χ1v) is 10.5.